The molecule has 1 amide bonds. The Kier molecular flexibility index (Phi) is 5.88. The van der Waals surface area contributed by atoms with E-state index in [2.05, 4.69) is 21.9 Å². The topological polar surface area (TPSA) is 81.4 Å². The highest BCUT2D eigenvalue weighted by molar-refractivity contribution is 6.32. The third-order valence-corrected chi connectivity index (χ3v) is 2.70. The third-order valence-electron chi connectivity index (χ3n) is 2.39. The Morgan fingerprint density at radius 3 is 2.75 bits per heavy atom. The lowest BCUT2D eigenvalue weighted by molar-refractivity contribution is -0.118. The molecule has 6 heteroatoms. The van der Waals surface area contributed by atoms with Crippen molar-refractivity contribution in [3.63, 3.8) is 0 Å². The van der Waals surface area contributed by atoms with Gasteiger partial charge in [-0.3, -0.25) is 4.79 Å². The minimum absolute atomic E-state index is 0.106. The van der Waals surface area contributed by atoms with Gasteiger partial charge in [0.1, 0.15) is 0 Å². The molecule has 5 nitrogen and oxygen atoms in total. The van der Waals surface area contributed by atoms with E-state index in [4.69, 9.17) is 17.3 Å². The maximum absolute atomic E-state index is 11.5. The number of benzene rings is 1. The molecule has 0 unspecified atom stereocenters. The molecule has 106 valence electrons. The van der Waals surface area contributed by atoms with E-state index in [1.165, 1.54) is 26.2 Å². The Morgan fingerprint density at radius 2 is 2.15 bits per heavy atom. The van der Waals surface area contributed by atoms with Crippen molar-refractivity contribution in [2.45, 2.75) is 13.3 Å². The molecular weight excluding hydrogens is 280 g/mol. The first-order valence-electron chi connectivity index (χ1n) is 5.86. The van der Waals surface area contributed by atoms with Crippen LogP contribution in [0.15, 0.2) is 12.1 Å². The molecule has 1 aromatic rings. The van der Waals surface area contributed by atoms with E-state index in [-0.39, 0.29) is 17.2 Å². The van der Waals surface area contributed by atoms with Crippen molar-refractivity contribution < 1.29 is 14.3 Å². The van der Waals surface area contributed by atoms with Crippen LogP contribution in [0, 0.1) is 11.8 Å². The maximum atomic E-state index is 11.5. The molecule has 0 aromatic heterocycles. The summed E-state index contributed by atoms with van der Waals surface area (Å²) in [6.07, 6.45) is 0.480. The number of rotatable bonds is 3. The molecule has 3 N–H and O–H groups in total. The molecule has 0 saturated heterocycles. The molecule has 1 aromatic carbocycles. The van der Waals surface area contributed by atoms with Gasteiger partial charge in [-0.05, 0) is 12.1 Å². The summed E-state index contributed by atoms with van der Waals surface area (Å²) in [5.74, 6) is 5.05. The maximum Gasteiger partial charge on any atom is 0.340 e. The van der Waals surface area contributed by atoms with Gasteiger partial charge < -0.3 is 15.8 Å². The summed E-state index contributed by atoms with van der Waals surface area (Å²) in [6, 6.07) is 2.96. The van der Waals surface area contributed by atoms with Crippen LogP contribution in [0.2, 0.25) is 5.02 Å². The summed E-state index contributed by atoms with van der Waals surface area (Å²) < 4.78 is 4.62. The normalized spacial score (nSPS) is 9.35. The van der Waals surface area contributed by atoms with Crippen molar-refractivity contribution in [3.8, 4) is 11.8 Å². The molecule has 0 aliphatic heterocycles. The number of esters is 1. The van der Waals surface area contributed by atoms with Crippen molar-refractivity contribution in [2.24, 2.45) is 0 Å². The highest BCUT2D eigenvalue weighted by atomic mass is 35.5. The van der Waals surface area contributed by atoms with Crippen molar-refractivity contribution in [1.82, 2.24) is 5.32 Å². The zero-order chi connectivity index (χ0) is 15.1. The number of methoxy groups -OCH3 is 1. The van der Waals surface area contributed by atoms with Gasteiger partial charge >= 0.3 is 5.97 Å². The molecule has 0 heterocycles. The van der Waals surface area contributed by atoms with Crippen LogP contribution in [0.3, 0.4) is 0 Å². The zero-order valence-corrected chi connectivity index (χ0v) is 12.0. The monoisotopic (exact) mass is 294 g/mol. The van der Waals surface area contributed by atoms with Gasteiger partial charge in [-0.1, -0.05) is 23.4 Å². The molecule has 0 fully saturated rings. The van der Waals surface area contributed by atoms with Crippen molar-refractivity contribution in [1.29, 1.82) is 0 Å². The number of nitrogens with two attached hydrogens (primary N) is 1. The van der Waals surface area contributed by atoms with E-state index in [0.29, 0.717) is 23.6 Å². The molecule has 20 heavy (non-hydrogen) atoms. The van der Waals surface area contributed by atoms with E-state index in [1.807, 2.05) is 0 Å². The van der Waals surface area contributed by atoms with Crippen molar-refractivity contribution in [3.05, 3.63) is 28.3 Å². The number of amides is 1. The second kappa shape index (κ2) is 7.41. The summed E-state index contributed by atoms with van der Waals surface area (Å²) in [4.78, 5) is 22.2. The average Bonchev–Trinajstić information content (AvgIpc) is 2.39. The number of carbonyl (C=O) groups is 2. The smallest absolute Gasteiger partial charge is 0.340 e. The summed E-state index contributed by atoms with van der Waals surface area (Å²) in [7, 11) is 1.27. The van der Waals surface area contributed by atoms with E-state index >= 15 is 0 Å². The van der Waals surface area contributed by atoms with Gasteiger partial charge in [0, 0.05) is 31.1 Å². The molecule has 0 aliphatic carbocycles. The standard InChI is InChI=1S/C14H15ClN2O3/c1-9(18)17-6-4-3-5-10-7-11(14(19)20-2)13(16)8-12(10)15/h7-8H,4,6,16H2,1-2H3,(H,17,18). The van der Waals surface area contributed by atoms with Crippen molar-refractivity contribution in [2.75, 3.05) is 19.4 Å². The summed E-state index contributed by atoms with van der Waals surface area (Å²) in [5, 5.41) is 2.99. The minimum Gasteiger partial charge on any atom is -0.465 e. The lowest BCUT2D eigenvalue weighted by Crippen LogP contribution is -2.20. The lowest BCUT2D eigenvalue weighted by atomic mass is 10.1. The molecule has 1 rings (SSSR count). The van der Waals surface area contributed by atoms with E-state index < -0.39 is 5.97 Å². The number of hydrogen-bond donors (Lipinski definition) is 2. The lowest BCUT2D eigenvalue weighted by Gasteiger charge is -2.05. The molecule has 0 atom stereocenters. The Hall–Kier alpha value is -2.19. The van der Waals surface area contributed by atoms with E-state index in [9.17, 15) is 9.59 Å². The van der Waals surface area contributed by atoms with Crippen LogP contribution in [0.1, 0.15) is 29.3 Å². The second-order valence-electron chi connectivity index (χ2n) is 3.95. The molecule has 0 aliphatic rings. The van der Waals surface area contributed by atoms with Gasteiger partial charge in [-0.2, -0.15) is 0 Å². The fourth-order valence-electron chi connectivity index (χ4n) is 1.43. The number of carbonyl (C=O) groups excluding carboxylic acids is 2. The minimum atomic E-state index is -0.541. The van der Waals surface area contributed by atoms with Crippen LogP contribution < -0.4 is 11.1 Å². The van der Waals surface area contributed by atoms with Crippen LogP contribution in [-0.2, 0) is 9.53 Å². The van der Waals surface area contributed by atoms with Gasteiger partial charge in [-0.25, -0.2) is 4.79 Å². The summed E-state index contributed by atoms with van der Waals surface area (Å²) in [6.45, 7) is 1.89. The Morgan fingerprint density at radius 1 is 1.45 bits per heavy atom. The molecule has 0 bridgehead atoms. The van der Waals surface area contributed by atoms with Gasteiger partial charge in [0.2, 0.25) is 5.91 Å². The number of halogens is 1. The predicted octanol–water partition coefficient (Wildman–Crippen LogP) is 1.59. The molecular formula is C14H15ClN2O3. The molecule has 0 saturated carbocycles. The van der Waals surface area contributed by atoms with Gasteiger partial charge in [0.05, 0.1) is 17.7 Å². The Bertz CT molecular complexity index is 588. The van der Waals surface area contributed by atoms with Gasteiger partial charge in [0.15, 0.2) is 0 Å². The fourth-order valence-corrected chi connectivity index (χ4v) is 1.65. The Balaban J connectivity index is 2.87. The fraction of sp³-hybridized carbons (Fsp3) is 0.286. The summed E-state index contributed by atoms with van der Waals surface area (Å²) in [5.41, 5.74) is 6.65. The zero-order valence-electron chi connectivity index (χ0n) is 11.2. The number of ether oxygens (including phenoxy) is 1. The van der Waals surface area contributed by atoms with Crippen LogP contribution in [0.4, 0.5) is 5.69 Å². The molecule has 0 spiro atoms. The average molecular weight is 295 g/mol. The molecule has 0 radical (unpaired) electrons. The van der Waals surface area contributed by atoms with Gasteiger partial charge in [0.25, 0.3) is 0 Å². The largest absolute Gasteiger partial charge is 0.465 e. The number of nitrogen functional groups attached to an aromatic ring is 1. The van der Waals surface area contributed by atoms with Gasteiger partial charge in [-0.15, -0.1) is 0 Å². The first-order chi connectivity index (χ1) is 9.45. The highest BCUT2D eigenvalue weighted by Crippen LogP contribution is 2.23. The second-order valence-corrected chi connectivity index (χ2v) is 4.35. The quantitative estimate of drug-likeness (QED) is 0.384. The first kappa shape index (κ1) is 15.9. The van der Waals surface area contributed by atoms with Crippen molar-refractivity contribution >= 4 is 29.2 Å². The van der Waals surface area contributed by atoms with E-state index in [0.717, 1.165) is 0 Å². The number of hydrogen-bond acceptors (Lipinski definition) is 4. The first-order valence-corrected chi connectivity index (χ1v) is 6.24. The van der Waals surface area contributed by atoms with E-state index in [1.54, 1.807) is 0 Å². The van der Waals surface area contributed by atoms with Crippen LogP contribution >= 0.6 is 11.6 Å². The SMILES string of the molecule is COC(=O)c1cc(C#CCCNC(C)=O)c(Cl)cc1N. The van der Waals surface area contributed by atoms with Crippen LogP contribution in [0.5, 0.6) is 0 Å². The third kappa shape index (κ3) is 4.48. The predicted molar refractivity (Wildman–Crippen MR) is 77.4 cm³/mol. The summed E-state index contributed by atoms with van der Waals surface area (Å²) >= 11 is 6.01. The highest BCUT2D eigenvalue weighted by Gasteiger charge is 2.12. The number of anilines is 1. The van der Waals surface area contributed by atoms with Crippen LogP contribution in [-0.4, -0.2) is 25.5 Å². The van der Waals surface area contributed by atoms with Crippen LogP contribution in [0.25, 0.3) is 0 Å². The Labute approximate surface area is 122 Å². The number of nitrogens with one attached hydrogen (secondary N) is 1.